The number of oxime groups is 1. The molecule has 0 aliphatic carbocycles. The maximum Gasteiger partial charge on any atom is 0.207 e. The Morgan fingerprint density at radius 3 is 0.827 bits per heavy atom. The molecule has 26 heteroatoms. The molecule has 0 bridgehead atoms. The Bertz CT molecular complexity index is 3470. The second-order valence-corrected chi connectivity index (χ2v) is 23.8. The molecule has 1 N–H and O–H groups in total. The van der Waals surface area contributed by atoms with Crippen LogP contribution in [0.2, 0.25) is 0 Å². The second kappa shape index (κ2) is 48.7. The molecule has 0 aliphatic heterocycles. The monoisotopic (exact) mass is 1440 g/mol. The molecule has 0 aromatic heterocycles. The molecule has 6 rings (SSSR count). The van der Waals surface area contributed by atoms with E-state index in [9.17, 15) is 38.9 Å². The van der Waals surface area contributed by atoms with Gasteiger partial charge in [-0.15, -0.1) is 9.81 Å². The lowest BCUT2D eigenvalue weighted by atomic mass is 10.1. The molecule has 0 saturated carbocycles. The van der Waals surface area contributed by atoms with Gasteiger partial charge in [-0.05, 0) is 25.9 Å². The summed E-state index contributed by atoms with van der Waals surface area (Å²) in [5.41, 5.74) is 3.71. The van der Waals surface area contributed by atoms with Gasteiger partial charge in [0, 0.05) is 84.1 Å². The quantitative estimate of drug-likeness (QED) is 0.00781. The largest absolute Gasteiger partial charge is 0.508 e. The number of aliphatic hydroxyl groups excluding tert-OH is 1. The SMILES string of the molecule is C.C.C.C.CC(C)(C)ON=O.CN(CC(=O)C(N=O)=C(O)CN(C)C(=S)c1ccccc1)C(=S)c1ccccc1.CN(CC(=O)CC(=O)CN(C)C(=S)c1ccccc1)C(=S)c1ccccc1.CON=C(C(=O)CN(C)C(=S)c1ccccc1)C(=O)CN(C)C(=S)c1ccccc1.[B]. The van der Waals surface area contributed by atoms with Crippen LogP contribution in [0.25, 0.3) is 0 Å². The van der Waals surface area contributed by atoms with Crippen molar-refractivity contribution in [2.24, 2.45) is 15.7 Å². The average Bonchev–Trinajstić information content (AvgIpc) is 0.918. The summed E-state index contributed by atoms with van der Waals surface area (Å²) in [6, 6.07) is 56.1. The van der Waals surface area contributed by atoms with Gasteiger partial charge in [0.25, 0.3) is 0 Å². The van der Waals surface area contributed by atoms with E-state index in [-0.39, 0.29) is 101 Å². The van der Waals surface area contributed by atoms with Crippen molar-refractivity contribution in [1.29, 1.82) is 0 Å². The summed E-state index contributed by atoms with van der Waals surface area (Å²) in [5.74, 6) is -2.37. The number of nitrogens with zero attached hydrogens (tertiary/aromatic N) is 9. The van der Waals surface area contributed by atoms with Gasteiger partial charge in [-0.1, -0.05) is 290 Å². The van der Waals surface area contributed by atoms with E-state index < -0.39 is 34.4 Å². The molecule has 19 nitrogen and oxygen atoms in total. The van der Waals surface area contributed by atoms with Gasteiger partial charge in [0.2, 0.25) is 17.3 Å². The molecule has 0 amide bonds. The van der Waals surface area contributed by atoms with Crippen LogP contribution in [0.1, 0.15) is 90.3 Å². The van der Waals surface area contributed by atoms with E-state index >= 15 is 0 Å². The van der Waals surface area contributed by atoms with Crippen molar-refractivity contribution in [3.8, 4) is 0 Å². The lowest BCUT2D eigenvalue weighted by Gasteiger charge is -2.21. The van der Waals surface area contributed by atoms with Gasteiger partial charge < -0.3 is 44.2 Å². The summed E-state index contributed by atoms with van der Waals surface area (Å²) in [7, 11) is 11.5. The van der Waals surface area contributed by atoms with Crippen molar-refractivity contribution in [3.05, 3.63) is 237 Å². The molecule has 6 aromatic carbocycles. The fourth-order valence-corrected chi connectivity index (χ4v) is 9.20. The number of benzene rings is 6. The van der Waals surface area contributed by atoms with Crippen LogP contribution in [0.3, 0.4) is 0 Å². The minimum Gasteiger partial charge on any atom is -0.508 e. The van der Waals surface area contributed by atoms with Crippen molar-refractivity contribution in [2.75, 3.05) is 88.7 Å². The van der Waals surface area contributed by atoms with Crippen LogP contribution < -0.4 is 0 Å². The Morgan fingerprint density at radius 2 is 0.622 bits per heavy atom. The van der Waals surface area contributed by atoms with Crippen molar-refractivity contribution in [2.45, 2.75) is 62.5 Å². The number of likely N-dealkylation sites (N-methyl/N-ethyl adjacent to an activating group) is 6. The minimum absolute atomic E-state index is 0. The molecule has 98 heavy (non-hydrogen) atoms. The first-order chi connectivity index (χ1) is 44.1. The van der Waals surface area contributed by atoms with Gasteiger partial charge in [0.05, 0.1) is 45.7 Å². The van der Waals surface area contributed by atoms with Gasteiger partial charge in [-0.2, -0.15) is 0 Å². The second-order valence-electron chi connectivity index (χ2n) is 21.5. The van der Waals surface area contributed by atoms with Crippen LogP contribution in [0.15, 0.2) is 209 Å². The Labute approximate surface area is 613 Å². The maximum absolute atomic E-state index is 12.8. The van der Waals surface area contributed by atoms with E-state index in [0.717, 1.165) is 33.4 Å². The van der Waals surface area contributed by atoms with Crippen LogP contribution >= 0.6 is 73.3 Å². The number of aliphatic hydroxyl groups is 1. The first-order valence-corrected chi connectivity index (χ1v) is 30.9. The Kier molecular flexibility index (Phi) is 46.4. The molecule has 523 valence electrons. The molecular formula is C72H91BN9O10S6. The molecular weight excluding hydrogens is 1350 g/mol. The van der Waals surface area contributed by atoms with E-state index in [0.29, 0.717) is 29.9 Å². The van der Waals surface area contributed by atoms with Crippen LogP contribution in [0.4, 0.5) is 0 Å². The molecule has 0 fully saturated rings. The molecule has 0 unspecified atom stereocenters. The summed E-state index contributed by atoms with van der Waals surface area (Å²) in [6.45, 7) is 4.97. The van der Waals surface area contributed by atoms with E-state index in [4.69, 9.17) is 78.1 Å². The van der Waals surface area contributed by atoms with Crippen molar-refractivity contribution in [3.63, 3.8) is 0 Å². The highest BCUT2D eigenvalue weighted by atomic mass is 32.1. The predicted molar refractivity (Wildman–Crippen MR) is 423 cm³/mol. The number of carbonyl (C=O) groups excluding carboxylic acids is 5. The van der Waals surface area contributed by atoms with Gasteiger partial charge in [0.1, 0.15) is 48.4 Å². The average molecular weight is 1450 g/mol. The summed E-state index contributed by atoms with van der Waals surface area (Å²) >= 11 is 32.4. The van der Waals surface area contributed by atoms with Crippen LogP contribution in [0.5, 0.6) is 0 Å². The molecule has 0 atom stereocenters. The molecule has 0 spiro atoms. The third-order valence-corrected chi connectivity index (χ3v) is 15.9. The summed E-state index contributed by atoms with van der Waals surface area (Å²) in [4.78, 5) is 105. The Hall–Kier alpha value is -8.92. The smallest absolute Gasteiger partial charge is 0.207 e. The number of Topliss-reactive ketones (excluding diaryl/α,β-unsaturated/α-hetero) is 5. The van der Waals surface area contributed by atoms with Gasteiger partial charge in [0.15, 0.2) is 28.3 Å². The molecule has 3 radical (unpaired) electrons. The van der Waals surface area contributed by atoms with Crippen LogP contribution in [0, 0.1) is 9.81 Å². The zero-order valence-corrected chi connectivity index (χ0v) is 58.8. The fourth-order valence-electron chi connectivity index (χ4n) is 7.99. The van der Waals surface area contributed by atoms with Crippen molar-refractivity contribution >= 4 is 146 Å². The van der Waals surface area contributed by atoms with E-state index in [2.05, 4.69) is 20.5 Å². The summed E-state index contributed by atoms with van der Waals surface area (Å²) in [6.07, 6.45) is -0.135. The number of hydrogen-bond acceptors (Lipinski definition) is 19. The van der Waals surface area contributed by atoms with Crippen LogP contribution in [-0.2, 0) is 33.6 Å². The highest BCUT2D eigenvalue weighted by Gasteiger charge is 2.27. The molecule has 0 aliphatic rings. The Morgan fingerprint density at radius 1 is 0.398 bits per heavy atom. The number of thiocarbonyl (C=S) groups is 6. The lowest BCUT2D eigenvalue weighted by molar-refractivity contribution is -0.127. The highest BCUT2D eigenvalue weighted by Crippen LogP contribution is 2.15. The zero-order chi connectivity index (χ0) is 69.2. The first kappa shape index (κ1) is 93.3. The number of rotatable bonds is 26. The maximum atomic E-state index is 12.8. The highest BCUT2D eigenvalue weighted by molar-refractivity contribution is 7.81. The van der Waals surface area contributed by atoms with E-state index in [1.807, 2.05) is 182 Å². The van der Waals surface area contributed by atoms with Gasteiger partial charge in [-0.3, -0.25) is 24.0 Å². The number of ketones is 5. The van der Waals surface area contributed by atoms with E-state index in [1.54, 1.807) is 87.6 Å². The fraction of sp³-hybridized carbons (Fsp3) is 0.306. The van der Waals surface area contributed by atoms with Crippen LogP contribution in [-0.4, -0.2) is 202 Å². The third-order valence-electron chi connectivity index (χ3n) is 12.6. The van der Waals surface area contributed by atoms with Gasteiger partial charge >= 0.3 is 0 Å². The van der Waals surface area contributed by atoms with Crippen molar-refractivity contribution < 1.29 is 38.8 Å². The normalized spacial score (nSPS) is 9.94. The topological polar surface area (TPSA) is 215 Å². The van der Waals surface area contributed by atoms with E-state index in [1.165, 1.54) is 12.0 Å². The molecule has 0 saturated heterocycles. The standard InChI is InChI=1S/C22H23N3O3S2.C21H21N3O3S2.C21H22N2O2S2.C4H9NO2.4CH4.B/c1-24(21(29)16-10-6-4-7-11-16)14-18(26)20(23-28-3)19(27)15-25(2)22(30)17-12-8-5-9-13-17;1-23(20(28)15-9-5-3-6-10-15)13-17(25)19(22-27)18(26)14-24(2)21(29)16-11-7-4-8-12-16;1-22(20(26)16-9-5-3-6-10-16)14-18(24)13-19(25)15-23(2)21(27)17-11-7-4-8-12-17;1-4(2,3)7-5-6;;;;;/h4-13H,14-15H2,1-3H3;3-12,25H,13-14H2,1-2H3;3-12H,13-15H2,1-2H3;1-3H3;4*1H4;. The zero-order valence-electron chi connectivity index (χ0n) is 53.9. The minimum atomic E-state index is -0.627. The van der Waals surface area contributed by atoms with Gasteiger partial charge in [-0.25, -0.2) is 0 Å². The predicted octanol–water partition coefficient (Wildman–Crippen LogP) is 13.2. The lowest BCUT2D eigenvalue weighted by Crippen LogP contribution is -2.41. The summed E-state index contributed by atoms with van der Waals surface area (Å²) in [5, 5.41) is 19.0. The summed E-state index contributed by atoms with van der Waals surface area (Å²) < 4.78 is 0. The molecule has 0 heterocycles. The van der Waals surface area contributed by atoms with Crippen molar-refractivity contribution in [1.82, 2.24) is 29.4 Å². The Balaban J connectivity index is -0.00000128. The third kappa shape index (κ3) is 32.9. The molecule has 6 aromatic rings. The number of hydrogen-bond donors (Lipinski definition) is 1. The number of nitroso groups, excluding NO2 is 1. The first-order valence-electron chi connectivity index (χ1n) is 28.5. The number of carbonyl (C=O) groups is 5.